The number of benzene rings is 2. The summed E-state index contributed by atoms with van der Waals surface area (Å²) in [7, 11) is 1.42. The lowest BCUT2D eigenvalue weighted by Crippen LogP contribution is -2.39. The van der Waals surface area contributed by atoms with Gasteiger partial charge in [-0.25, -0.2) is 14.8 Å². The largest absolute Gasteiger partial charge is 0.288 e. The van der Waals surface area contributed by atoms with E-state index in [1.54, 1.807) is 17.0 Å². The van der Waals surface area contributed by atoms with E-state index in [9.17, 15) is 14.9 Å². The van der Waals surface area contributed by atoms with Crippen LogP contribution in [0.4, 0.5) is 11.4 Å². The Hall–Kier alpha value is -3.54. The summed E-state index contributed by atoms with van der Waals surface area (Å²) in [6.45, 7) is 2.00. The van der Waals surface area contributed by atoms with E-state index in [1.807, 2.05) is 37.3 Å². The van der Waals surface area contributed by atoms with Crippen molar-refractivity contribution in [3.8, 4) is 0 Å². The number of nitrogens with zero attached hydrogens (tertiary/aromatic N) is 4. The van der Waals surface area contributed by atoms with E-state index in [-0.39, 0.29) is 23.2 Å². The maximum absolute atomic E-state index is 13.3. The lowest BCUT2D eigenvalue weighted by molar-refractivity contribution is -0.384. The van der Waals surface area contributed by atoms with Crippen LogP contribution in [-0.2, 0) is 14.6 Å². The predicted molar refractivity (Wildman–Crippen MR) is 121 cm³/mol. The SMILES string of the molecule is COOCC1=C(C)N=C2S/C(=N\Nc3cccc([N+](=O)[O-])c3)C(=O)N2C1c1ccccc1. The fourth-order valence-electron chi connectivity index (χ4n) is 3.41. The van der Waals surface area contributed by atoms with Gasteiger partial charge >= 0.3 is 0 Å². The zero-order valence-electron chi connectivity index (χ0n) is 17.2. The number of allylic oxidation sites excluding steroid dienone is 1. The molecule has 0 aliphatic carbocycles. The van der Waals surface area contributed by atoms with Crippen LogP contribution >= 0.6 is 11.8 Å². The molecule has 2 aliphatic heterocycles. The molecule has 1 saturated heterocycles. The van der Waals surface area contributed by atoms with Gasteiger partial charge in [-0.05, 0) is 30.3 Å². The van der Waals surface area contributed by atoms with E-state index in [4.69, 9.17) is 9.78 Å². The lowest BCUT2D eigenvalue weighted by Gasteiger charge is -2.33. The summed E-state index contributed by atoms with van der Waals surface area (Å²) in [5.41, 5.74) is 5.48. The molecule has 1 amide bonds. The topological polar surface area (TPSA) is 119 Å². The third-order valence-electron chi connectivity index (χ3n) is 4.90. The molecule has 32 heavy (non-hydrogen) atoms. The number of nitro groups is 1. The Morgan fingerprint density at radius 1 is 1.25 bits per heavy atom. The maximum atomic E-state index is 13.3. The zero-order valence-corrected chi connectivity index (χ0v) is 18.0. The van der Waals surface area contributed by atoms with Crippen LogP contribution in [0.5, 0.6) is 0 Å². The summed E-state index contributed by atoms with van der Waals surface area (Å²) >= 11 is 1.13. The number of anilines is 1. The molecule has 164 valence electrons. The van der Waals surface area contributed by atoms with Crippen molar-refractivity contribution in [2.75, 3.05) is 19.1 Å². The lowest BCUT2D eigenvalue weighted by atomic mass is 9.95. The van der Waals surface area contributed by atoms with Gasteiger partial charge in [-0.15, -0.1) is 0 Å². The number of carbonyl (C=O) groups is 1. The van der Waals surface area contributed by atoms with E-state index in [0.29, 0.717) is 10.9 Å². The van der Waals surface area contributed by atoms with Crippen LogP contribution in [0.25, 0.3) is 0 Å². The third kappa shape index (κ3) is 4.26. The standard InChI is InChI=1S/C21H19N5O5S/c1-13-17(12-31-30-2)18(14-7-4-3-5-8-14)25-20(27)19(32-21(25)22-13)24-23-15-9-6-10-16(11-15)26(28)29/h3-11,18,23H,12H2,1-2H3/b24-19-. The maximum Gasteiger partial charge on any atom is 0.288 e. The van der Waals surface area contributed by atoms with Gasteiger partial charge in [0.15, 0.2) is 10.2 Å². The molecular weight excluding hydrogens is 434 g/mol. The summed E-state index contributed by atoms with van der Waals surface area (Å²) in [6.07, 6.45) is 0. The van der Waals surface area contributed by atoms with Crippen molar-refractivity contribution in [1.82, 2.24) is 4.90 Å². The molecule has 1 atom stereocenters. The Bertz CT molecular complexity index is 1150. The van der Waals surface area contributed by atoms with Crippen molar-refractivity contribution in [1.29, 1.82) is 0 Å². The van der Waals surface area contributed by atoms with Gasteiger partial charge in [0, 0.05) is 23.4 Å². The summed E-state index contributed by atoms with van der Waals surface area (Å²) in [6, 6.07) is 15.0. The molecule has 0 radical (unpaired) electrons. The van der Waals surface area contributed by atoms with E-state index in [1.165, 1.54) is 19.2 Å². The number of non-ortho nitro benzene ring substituents is 1. The Balaban J connectivity index is 1.65. The molecule has 0 spiro atoms. The highest BCUT2D eigenvalue weighted by molar-refractivity contribution is 8.29. The van der Waals surface area contributed by atoms with E-state index >= 15 is 0 Å². The molecule has 2 aromatic carbocycles. The van der Waals surface area contributed by atoms with E-state index < -0.39 is 11.0 Å². The number of hydrogen-bond donors (Lipinski definition) is 1. The molecule has 1 unspecified atom stereocenters. The molecule has 2 heterocycles. The minimum Gasteiger partial charge on any atom is -0.277 e. The summed E-state index contributed by atoms with van der Waals surface area (Å²) in [5, 5.41) is 15.9. The minimum absolute atomic E-state index is 0.0749. The zero-order chi connectivity index (χ0) is 22.7. The number of amidine groups is 1. The number of rotatable bonds is 7. The third-order valence-corrected chi connectivity index (χ3v) is 5.83. The van der Waals surface area contributed by atoms with Crippen LogP contribution in [0, 0.1) is 10.1 Å². The predicted octanol–water partition coefficient (Wildman–Crippen LogP) is 3.86. The highest BCUT2D eigenvalue weighted by atomic mass is 32.2. The van der Waals surface area contributed by atoms with Gasteiger partial charge in [-0.2, -0.15) is 5.10 Å². The fraction of sp³-hybridized carbons (Fsp3) is 0.190. The van der Waals surface area contributed by atoms with Gasteiger partial charge in [-0.3, -0.25) is 25.2 Å². The van der Waals surface area contributed by atoms with E-state index in [2.05, 4.69) is 15.5 Å². The molecule has 2 aliphatic rings. The van der Waals surface area contributed by atoms with Crippen molar-refractivity contribution < 1.29 is 19.5 Å². The molecule has 4 rings (SSSR count). The summed E-state index contributed by atoms with van der Waals surface area (Å²) in [4.78, 5) is 39.9. The van der Waals surface area contributed by atoms with Crippen molar-refractivity contribution >= 4 is 39.3 Å². The van der Waals surface area contributed by atoms with Crippen molar-refractivity contribution in [2.24, 2.45) is 10.1 Å². The van der Waals surface area contributed by atoms with Crippen LogP contribution in [-0.4, -0.2) is 39.7 Å². The highest BCUT2D eigenvalue weighted by Gasteiger charge is 2.44. The number of hydrogen-bond acceptors (Lipinski definition) is 9. The smallest absolute Gasteiger partial charge is 0.277 e. The van der Waals surface area contributed by atoms with E-state index in [0.717, 1.165) is 28.6 Å². The summed E-state index contributed by atoms with van der Waals surface area (Å²) < 4.78 is 0. The number of carbonyl (C=O) groups excluding carboxylic acids is 1. The molecule has 10 nitrogen and oxygen atoms in total. The Kier molecular flexibility index (Phi) is 6.30. The monoisotopic (exact) mass is 453 g/mol. The Labute approximate surface area is 187 Å². The second-order valence-electron chi connectivity index (χ2n) is 6.86. The van der Waals surface area contributed by atoms with Gasteiger partial charge < -0.3 is 0 Å². The van der Waals surface area contributed by atoms with Gasteiger partial charge in [0.25, 0.3) is 11.6 Å². The molecule has 1 fully saturated rings. The first-order chi connectivity index (χ1) is 15.5. The van der Waals surface area contributed by atoms with Crippen molar-refractivity contribution in [3.05, 3.63) is 81.5 Å². The number of nitrogens with one attached hydrogen (secondary N) is 1. The molecule has 11 heteroatoms. The van der Waals surface area contributed by atoms with Crippen LogP contribution in [0.3, 0.4) is 0 Å². The van der Waals surface area contributed by atoms with Crippen molar-refractivity contribution in [2.45, 2.75) is 13.0 Å². The number of aliphatic imine (C=N–C) groups is 1. The van der Waals surface area contributed by atoms with Crippen LogP contribution in [0.1, 0.15) is 18.5 Å². The Morgan fingerprint density at radius 2 is 2.03 bits per heavy atom. The number of nitro benzene ring substituents is 1. The minimum atomic E-state index is -0.495. The number of amides is 1. The molecule has 2 aromatic rings. The number of fused-ring (bicyclic) bond motifs is 1. The van der Waals surface area contributed by atoms with Crippen LogP contribution in [0.15, 0.2) is 76.0 Å². The highest BCUT2D eigenvalue weighted by Crippen LogP contribution is 2.41. The van der Waals surface area contributed by atoms with Crippen LogP contribution < -0.4 is 5.43 Å². The molecule has 0 bridgehead atoms. The van der Waals surface area contributed by atoms with Gasteiger partial charge in [-0.1, -0.05) is 36.4 Å². The quantitative estimate of drug-likeness (QED) is 0.384. The fourth-order valence-corrected chi connectivity index (χ4v) is 4.33. The molecule has 0 saturated carbocycles. The average molecular weight is 453 g/mol. The summed E-state index contributed by atoms with van der Waals surface area (Å²) in [5.74, 6) is -0.331. The van der Waals surface area contributed by atoms with Gasteiger partial charge in [0.05, 0.1) is 23.8 Å². The Morgan fingerprint density at radius 3 is 2.75 bits per heavy atom. The first kappa shape index (κ1) is 21.7. The second kappa shape index (κ2) is 9.30. The second-order valence-corrected chi connectivity index (χ2v) is 7.82. The normalized spacial score (nSPS) is 19.2. The molecular formula is C21H19N5O5S. The molecule has 0 aromatic heterocycles. The number of hydrazone groups is 1. The van der Waals surface area contributed by atoms with Gasteiger partial charge in [0.1, 0.15) is 6.61 Å². The molecule has 1 N–H and O–H groups in total. The first-order valence-corrected chi connectivity index (χ1v) is 10.4. The number of thioether (sulfide) groups is 1. The average Bonchev–Trinajstić information content (AvgIpc) is 3.11. The van der Waals surface area contributed by atoms with Crippen LogP contribution in [0.2, 0.25) is 0 Å². The first-order valence-electron chi connectivity index (χ1n) is 9.58. The van der Waals surface area contributed by atoms with Crippen molar-refractivity contribution in [3.63, 3.8) is 0 Å². The van der Waals surface area contributed by atoms with Gasteiger partial charge in [0.2, 0.25) is 0 Å².